The van der Waals surface area contributed by atoms with E-state index in [2.05, 4.69) is 25.8 Å². The van der Waals surface area contributed by atoms with Crippen molar-refractivity contribution in [3.63, 3.8) is 0 Å². The lowest BCUT2D eigenvalue weighted by Crippen LogP contribution is -2.36. The van der Waals surface area contributed by atoms with Crippen molar-refractivity contribution in [3.8, 4) is 5.88 Å². The van der Waals surface area contributed by atoms with Crippen LogP contribution in [-0.2, 0) is 21.9 Å². The van der Waals surface area contributed by atoms with Gasteiger partial charge in [0, 0.05) is 37.7 Å². The Balaban J connectivity index is 0. The van der Waals surface area contributed by atoms with Gasteiger partial charge in [-0.05, 0) is 81.4 Å². The molecule has 1 aromatic carbocycles. The Labute approximate surface area is 235 Å². The van der Waals surface area contributed by atoms with Gasteiger partial charge in [-0.3, -0.25) is 4.79 Å². The van der Waals surface area contributed by atoms with E-state index in [-0.39, 0.29) is 24.3 Å². The zero-order valence-electron chi connectivity index (χ0n) is 25.2. The van der Waals surface area contributed by atoms with E-state index in [9.17, 15) is 13.6 Å². The first-order chi connectivity index (χ1) is 18.2. The first-order valence-corrected chi connectivity index (χ1v) is 13.4. The first-order valence-electron chi connectivity index (χ1n) is 13.4. The first kappa shape index (κ1) is 36.0. The lowest BCUT2D eigenvalue weighted by atomic mass is 9.61. The Morgan fingerprint density at radius 1 is 1.13 bits per heavy atom. The summed E-state index contributed by atoms with van der Waals surface area (Å²) in [4.78, 5) is 32.0. The maximum Gasteiger partial charge on any atom is 0.270 e. The van der Waals surface area contributed by atoms with Gasteiger partial charge in [0.25, 0.3) is 5.92 Å². The Bertz CT molecular complexity index is 1050. The fraction of sp³-hybridized carbons (Fsp3) is 0.562. The van der Waals surface area contributed by atoms with Gasteiger partial charge >= 0.3 is 0 Å². The van der Waals surface area contributed by atoms with Crippen molar-refractivity contribution < 1.29 is 29.3 Å². The molecular weight excluding hydrogens is 500 g/mol. The summed E-state index contributed by atoms with van der Waals surface area (Å²) < 4.78 is 32.3. The number of alkyl halides is 2. The van der Waals surface area contributed by atoms with Crippen LogP contribution in [0.15, 0.2) is 30.5 Å². The number of aryl methyl sites for hydroxylation is 1. The molecule has 0 N–H and O–H groups in total. The molecule has 0 amide bonds. The molecule has 5 nitrogen and oxygen atoms in total. The number of carbonyl (C=O) groups is 3. The van der Waals surface area contributed by atoms with E-state index >= 15 is 0 Å². The number of ether oxygens (including phenoxy) is 1. The monoisotopic (exact) mass is 549 g/mol. The molecule has 0 saturated heterocycles. The number of ketones is 1. The number of halogens is 2. The molecule has 7 heteroatoms. The van der Waals surface area contributed by atoms with Crippen LogP contribution in [0.1, 0.15) is 102 Å². The van der Waals surface area contributed by atoms with Crippen molar-refractivity contribution in [1.82, 2.24) is 4.98 Å². The Hall–Kier alpha value is -2.96. The zero-order valence-corrected chi connectivity index (χ0v) is 25.2. The molecular formula is C32H49F2NO4. The average molecular weight is 550 g/mol. The molecule has 3 rings (SSSR count). The van der Waals surface area contributed by atoms with Crippen LogP contribution in [0, 0.1) is 31.1 Å². The molecule has 39 heavy (non-hydrogen) atoms. The topological polar surface area (TPSA) is 73.3 Å². The fourth-order valence-electron chi connectivity index (χ4n) is 4.83. The minimum Gasteiger partial charge on any atom is -0.475 e. The van der Waals surface area contributed by atoms with E-state index in [0.717, 1.165) is 47.4 Å². The van der Waals surface area contributed by atoms with Crippen LogP contribution in [0.2, 0.25) is 0 Å². The van der Waals surface area contributed by atoms with E-state index in [4.69, 9.17) is 14.3 Å². The highest BCUT2D eigenvalue weighted by atomic mass is 19.3. The van der Waals surface area contributed by atoms with Gasteiger partial charge in [-0.15, -0.1) is 0 Å². The molecule has 1 aliphatic rings. The minimum absolute atomic E-state index is 0. The van der Waals surface area contributed by atoms with Crippen LogP contribution in [0.4, 0.5) is 8.78 Å². The van der Waals surface area contributed by atoms with Gasteiger partial charge in [-0.1, -0.05) is 45.9 Å². The molecule has 0 unspecified atom stereocenters. The van der Waals surface area contributed by atoms with E-state index in [1.54, 1.807) is 18.3 Å². The van der Waals surface area contributed by atoms with Crippen molar-refractivity contribution in [2.24, 2.45) is 17.3 Å². The van der Waals surface area contributed by atoms with Gasteiger partial charge < -0.3 is 14.3 Å². The zero-order chi connectivity index (χ0) is 30.6. The second kappa shape index (κ2) is 16.2. The largest absolute Gasteiger partial charge is 0.475 e. The summed E-state index contributed by atoms with van der Waals surface area (Å²) in [6.07, 6.45) is 5.71. The fourth-order valence-corrected chi connectivity index (χ4v) is 4.83. The molecule has 1 aliphatic carbocycles. The van der Waals surface area contributed by atoms with E-state index in [1.807, 2.05) is 54.3 Å². The predicted molar refractivity (Wildman–Crippen MR) is 156 cm³/mol. The second-order valence-electron chi connectivity index (χ2n) is 11.2. The molecule has 1 fully saturated rings. The average Bonchev–Trinajstić information content (AvgIpc) is 2.86. The summed E-state index contributed by atoms with van der Waals surface area (Å²) in [6.45, 7) is 21.3. The molecule has 0 atom stereocenters. The van der Waals surface area contributed by atoms with Crippen molar-refractivity contribution in [2.75, 3.05) is 0 Å². The standard InChI is InChI=1S/C17H24F2.C13H19NO2.2CH2O.H2/c1-12-8-15(9-12)16(2,3)11-13-6-5-7-14(10-13)17(4,18)19;1-6-11(15)12-9(4)7-14-13(10(12)5)16-8(2)3;2*1-2;/h5-7,10,12,15H,8-9,11H2,1-4H3;7-8H,6H2,1-5H3;2*1H2;1H. The van der Waals surface area contributed by atoms with Crippen molar-refractivity contribution >= 4 is 19.4 Å². The summed E-state index contributed by atoms with van der Waals surface area (Å²) in [7, 11) is 0. The Morgan fingerprint density at radius 2 is 1.69 bits per heavy atom. The molecule has 2 aromatic rings. The van der Waals surface area contributed by atoms with Crippen LogP contribution >= 0.6 is 0 Å². The molecule has 1 heterocycles. The molecule has 1 saturated carbocycles. The maximum absolute atomic E-state index is 13.4. The Morgan fingerprint density at radius 3 is 2.15 bits per heavy atom. The second-order valence-corrected chi connectivity index (χ2v) is 11.2. The molecule has 1 aromatic heterocycles. The summed E-state index contributed by atoms with van der Waals surface area (Å²) in [6, 6.07) is 6.91. The van der Waals surface area contributed by atoms with Crippen LogP contribution in [0.3, 0.4) is 0 Å². The van der Waals surface area contributed by atoms with Crippen molar-refractivity contribution in [3.05, 3.63) is 58.3 Å². The van der Waals surface area contributed by atoms with Crippen LogP contribution in [0.5, 0.6) is 5.88 Å². The number of carbonyl (C=O) groups excluding carboxylic acids is 3. The van der Waals surface area contributed by atoms with Gasteiger partial charge in [0.15, 0.2) is 5.78 Å². The summed E-state index contributed by atoms with van der Waals surface area (Å²) in [5.41, 5.74) is 3.88. The van der Waals surface area contributed by atoms with Crippen molar-refractivity contribution in [1.29, 1.82) is 0 Å². The van der Waals surface area contributed by atoms with E-state index in [1.165, 1.54) is 18.9 Å². The number of nitrogens with zero attached hydrogens (tertiary/aromatic N) is 1. The van der Waals surface area contributed by atoms with Gasteiger partial charge in [0.2, 0.25) is 5.88 Å². The SMILES string of the molecule is C=O.C=O.CC1CC(C(C)(C)Cc2cccc(C(C)(F)F)c2)C1.CCC(=O)c1c(C)cnc(OC(C)C)c1C.[HH]. The van der Waals surface area contributed by atoms with Gasteiger partial charge in [0.1, 0.15) is 13.6 Å². The summed E-state index contributed by atoms with van der Waals surface area (Å²) in [5.74, 6) is -0.474. The lowest BCUT2D eigenvalue weighted by Gasteiger charge is -2.44. The predicted octanol–water partition coefficient (Wildman–Crippen LogP) is 8.37. The highest BCUT2D eigenvalue weighted by Gasteiger charge is 2.38. The molecule has 0 aliphatic heterocycles. The molecule has 0 bridgehead atoms. The molecule has 0 spiro atoms. The van der Waals surface area contributed by atoms with Crippen LogP contribution in [-0.4, -0.2) is 30.4 Å². The number of pyridine rings is 1. The highest BCUT2D eigenvalue weighted by molar-refractivity contribution is 5.98. The van der Waals surface area contributed by atoms with Crippen LogP contribution < -0.4 is 4.74 Å². The van der Waals surface area contributed by atoms with Gasteiger partial charge in [0.05, 0.1) is 6.10 Å². The third kappa shape index (κ3) is 11.0. The normalized spacial score (nSPS) is 16.3. The van der Waals surface area contributed by atoms with Gasteiger partial charge in [-0.25, -0.2) is 13.8 Å². The maximum atomic E-state index is 13.4. The number of rotatable bonds is 8. The van der Waals surface area contributed by atoms with Crippen molar-refractivity contribution in [2.45, 2.75) is 100 Å². The summed E-state index contributed by atoms with van der Waals surface area (Å²) >= 11 is 0. The van der Waals surface area contributed by atoms with Gasteiger partial charge in [-0.2, -0.15) is 0 Å². The third-order valence-corrected chi connectivity index (χ3v) is 6.99. The summed E-state index contributed by atoms with van der Waals surface area (Å²) in [5, 5.41) is 0. The quantitative estimate of drug-likeness (QED) is 0.309. The van der Waals surface area contributed by atoms with E-state index < -0.39 is 5.92 Å². The highest BCUT2D eigenvalue weighted by Crippen LogP contribution is 2.47. The third-order valence-electron chi connectivity index (χ3n) is 6.99. The number of hydrogen-bond donors (Lipinski definition) is 0. The number of aromatic nitrogens is 1. The molecule has 0 radical (unpaired) electrons. The number of Topliss-reactive ketones (excluding diaryl/α,β-unsaturated/α-hetero) is 1. The number of benzene rings is 1. The van der Waals surface area contributed by atoms with Crippen LogP contribution in [0.25, 0.3) is 0 Å². The Kier molecular flexibility index (Phi) is 15.0. The lowest BCUT2D eigenvalue weighted by molar-refractivity contribution is -0.0987. The number of hydrogen-bond acceptors (Lipinski definition) is 5. The molecule has 220 valence electrons. The smallest absolute Gasteiger partial charge is 0.270 e. The minimum atomic E-state index is -2.74. The van der Waals surface area contributed by atoms with E-state index in [0.29, 0.717) is 12.3 Å².